The summed E-state index contributed by atoms with van der Waals surface area (Å²) in [7, 11) is 0. The lowest BCUT2D eigenvalue weighted by molar-refractivity contribution is 0.104. The van der Waals surface area contributed by atoms with Crippen LogP contribution in [-0.4, -0.2) is 29.0 Å². The van der Waals surface area contributed by atoms with Gasteiger partial charge in [-0.2, -0.15) is 0 Å². The van der Waals surface area contributed by atoms with E-state index in [1.54, 1.807) is 0 Å². The maximum absolute atomic E-state index is 5.96. The fraction of sp³-hybridized carbons (Fsp3) is 0.688. The van der Waals surface area contributed by atoms with Crippen LogP contribution in [0.4, 0.5) is 0 Å². The summed E-state index contributed by atoms with van der Waals surface area (Å²) in [4.78, 5) is 7.10. The highest BCUT2D eigenvalue weighted by atomic mass is 15.2. The molecular weight excluding hydrogens is 234 g/mol. The van der Waals surface area contributed by atoms with Crippen molar-refractivity contribution in [1.29, 1.82) is 0 Å². The number of hydrogen-bond donors (Lipinski definition) is 1. The highest BCUT2D eigenvalue weighted by Gasteiger charge is 2.28. The molecule has 1 fully saturated rings. The summed E-state index contributed by atoms with van der Waals surface area (Å²) in [5, 5.41) is 0. The van der Waals surface area contributed by atoms with Gasteiger partial charge in [0, 0.05) is 18.8 Å². The smallest absolute Gasteiger partial charge is 0.0544 e. The Labute approximate surface area is 117 Å². The van der Waals surface area contributed by atoms with Gasteiger partial charge in [-0.25, -0.2) is 0 Å². The average molecular weight is 261 g/mol. The van der Waals surface area contributed by atoms with Crippen LogP contribution in [0.25, 0.3) is 0 Å². The third-order valence-electron chi connectivity index (χ3n) is 4.38. The van der Waals surface area contributed by atoms with Gasteiger partial charge in [0.25, 0.3) is 0 Å². The van der Waals surface area contributed by atoms with Crippen LogP contribution < -0.4 is 5.73 Å². The second kappa shape index (κ2) is 7.01. The Morgan fingerprint density at radius 1 is 1.32 bits per heavy atom. The lowest BCUT2D eigenvalue weighted by Gasteiger charge is -2.39. The van der Waals surface area contributed by atoms with Crippen molar-refractivity contribution >= 4 is 0 Å². The van der Waals surface area contributed by atoms with Crippen LogP contribution in [0, 0.1) is 12.8 Å². The normalized spacial score (nSPS) is 23.8. The summed E-state index contributed by atoms with van der Waals surface area (Å²) in [6, 6.07) is 4.95. The maximum Gasteiger partial charge on any atom is 0.0544 e. The van der Waals surface area contributed by atoms with Crippen LogP contribution in [0.15, 0.2) is 18.3 Å². The van der Waals surface area contributed by atoms with Crippen molar-refractivity contribution in [2.24, 2.45) is 11.7 Å². The van der Waals surface area contributed by atoms with Crippen molar-refractivity contribution in [1.82, 2.24) is 9.88 Å². The molecule has 0 aromatic carbocycles. The van der Waals surface area contributed by atoms with Gasteiger partial charge < -0.3 is 5.73 Å². The molecule has 2 unspecified atom stereocenters. The summed E-state index contributed by atoms with van der Waals surface area (Å²) in [6.07, 6.45) is 7.24. The van der Waals surface area contributed by atoms with Crippen LogP contribution in [0.3, 0.4) is 0 Å². The fourth-order valence-corrected chi connectivity index (χ4v) is 3.21. The van der Waals surface area contributed by atoms with E-state index < -0.39 is 0 Å². The van der Waals surface area contributed by atoms with E-state index in [0.29, 0.717) is 12.0 Å². The second-order valence-corrected chi connectivity index (χ2v) is 5.74. The number of nitrogens with two attached hydrogens (primary N) is 1. The Kier molecular flexibility index (Phi) is 5.34. The van der Waals surface area contributed by atoms with E-state index in [-0.39, 0.29) is 0 Å². The predicted molar refractivity (Wildman–Crippen MR) is 79.9 cm³/mol. The molecule has 1 aromatic heterocycles. The molecule has 0 spiro atoms. The Hall–Kier alpha value is -0.930. The molecule has 1 aliphatic rings. The van der Waals surface area contributed by atoms with Gasteiger partial charge in [0.1, 0.15) is 0 Å². The van der Waals surface area contributed by atoms with Crippen molar-refractivity contribution in [2.45, 2.75) is 52.1 Å². The van der Waals surface area contributed by atoms with Gasteiger partial charge in [0.05, 0.1) is 5.69 Å². The van der Waals surface area contributed by atoms with Crippen LogP contribution in [0.2, 0.25) is 0 Å². The quantitative estimate of drug-likeness (QED) is 0.886. The Balaban J connectivity index is 2.04. The highest BCUT2D eigenvalue weighted by Crippen LogP contribution is 2.28. The minimum absolute atomic E-state index is 0.645. The zero-order chi connectivity index (χ0) is 13.7. The molecule has 0 amide bonds. The van der Waals surface area contributed by atoms with E-state index in [2.05, 4.69) is 35.9 Å². The zero-order valence-corrected chi connectivity index (χ0v) is 12.3. The summed E-state index contributed by atoms with van der Waals surface area (Å²) < 4.78 is 0. The Bertz CT molecular complexity index is 374. The van der Waals surface area contributed by atoms with Gasteiger partial charge in [0.15, 0.2) is 0 Å². The van der Waals surface area contributed by atoms with Crippen molar-refractivity contribution < 1.29 is 0 Å². The molecule has 1 heterocycles. The summed E-state index contributed by atoms with van der Waals surface area (Å²) in [6.45, 7) is 7.19. The number of hydrogen-bond acceptors (Lipinski definition) is 3. The number of aryl methyl sites for hydroxylation is 1. The molecule has 2 N–H and O–H groups in total. The number of nitrogens with zero attached hydrogens (tertiary/aromatic N) is 2. The van der Waals surface area contributed by atoms with Crippen LogP contribution in [-0.2, 0) is 6.54 Å². The minimum Gasteiger partial charge on any atom is -0.330 e. The first-order valence-electron chi connectivity index (χ1n) is 7.60. The zero-order valence-electron chi connectivity index (χ0n) is 12.3. The first kappa shape index (κ1) is 14.5. The van der Waals surface area contributed by atoms with Gasteiger partial charge in [-0.1, -0.05) is 25.8 Å². The molecule has 1 aliphatic carbocycles. The summed E-state index contributed by atoms with van der Waals surface area (Å²) in [5.41, 5.74) is 8.36. The van der Waals surface area contributed by atoms with Crippen molar-refractivity contribution in [2.75, 3.05) is 13.1 Å². The third kappa shape index (κ3) is 3.77. The maximum atomic E-state index is 5.96. The molecule has 2 atom stereocenters. The van der Waals surface area contributed by atoms with E-state index in [1.807, 2.05) is 6.20 Å². The van der Waals surface area contributed by atoms with Gasteiger partial charge in [0.2, 0.25) is 0 Å². The van der Waals surface area contributed by atoms with Gasteiger partial charge >= 0.3 is 0 Å². The minimum atomic E-state index is 0.645. The van der Waals surface area contributed by atoms with Gasteiger partial charge in [-0.05, 0) is 50.4 Å². The lowest BCUT2D eigenvalue weighted by atomic mass is 9.83. The van der Waals surface area contributed by atoms with Gasteiger partial charge in [-0.3, -0.25) is 9.88 Å². The standard InChI is InChI=1S/C16H27N3/c1-3-19(12-15-9-8-13(2)11-18-15)16-7-5-4-6-14(16)10-17/h8-9,11,14,16H,3-7,10,12,17H2,1-2H3. The van der Waals surface area contributed by atoms with Crippen molar-refractivity contribution in [3.05, 3.63) is 29.6 Å². The lowest BCUT2D eigenvalue weighted by Crippen LogP contribution is -2.44. The molecule has 0 aliphatic heterocycles. The molecule has 0 radical (unpaired) electrons. The fourth-order valence-electron chi connectivity index (χ4n) is 3.21. The topological polar surface area (TPSA) is 42.2 Å². The molecule has 1 saturated carbocycles. The summed E-state index contributed by atoms with van der Waals surface area (Å²) >= 11 is 0. The van der Waals surface area contributed by atoms with Crippen molar-refractivity contribution in [3.8, 4) is 0 Å². The SMILES string of the molecule is CCN(Cc1ccc(C)cn1)C1CCCCC1CN. The van der Waals surface area contributed by atoms with E-state index in [0.717, 1.165) is 19.6 Å². The first-order chi connectivity index (χ1) is 9.24. The molecule has 19 heavy (non-hydrogen) atoms. The summed E-state index contributed by atoms with van der Waals surface area (Å²) in [5.74, 6) is 0.666. The van der Waals surface area contributed by atoms with Crippen molar-refractivity contribution in [3.63, 3.8) is 0 Å². The number of pyridine rings is 1. The highest BCUT2D eigenvalue weighted by molar-refractivity contribution is 5.12. The Morgan fingerprint density at radius 3 is 2.74 bits per heavy atom. The van der Waals surface area contributed by atoms with Crippen LogP contribution in [0.5, 0.6) is 0 Å². The van der Waals surface area contributed by atoms with E-state index >= 15 is 0 Å². The molecule has 0 saturated heterocycles. The molecule has 3 heteroatoms. The molecule has 3 nitrogen and oxygen atoms in total. The van der Waals surface area contributed by atoms with Gasteiger partial charge in [-0.15, -0.1) is 0 Å². The largest absolute Gasteiger partial charge is 0.330 e. The molecular formula is C16H27N3. The third-order valence-corrected chi connectivity index (χ3v) is 4.38. The molecule has 0 bridgehead atoms. The average Bonchev–Trinajstić information content (AvgIpc) is 2.46. The first-order valence-corrected chi connectivity index (χ1v) is 7.60. The predicted octanol–water partition coefficient (Wildman–Crippen LogP) is 2.73. The second-order valence-electron chi connectivity index (χ2n) is 5.74. The van der Waals surface area contributed by atoms with E-state index in [1.165, 1.54) is 36.9 Å². The number of aromatic nitrogens is 1. The number of rotatable bonds is 5. The Morgan fingerprint density at radius 2 is 2.11 bits per heavy atom. The van der Waals surface area contributed by atoms with E-state index in [4.69, 9.17) is 5.73 Å². The van der Waals surface area contributed by atoms with E-state index in [9.17, 15) is 0 Å². The molecule has 1 aromatic rings. The van der Waals surface area contributed by atoms with Crippen LogP contribution in [0.1, 0.15) is 43.9 Å². The molecule has 2 rings (SSSR count). The molecule has 106 valence electrons. The monoisotopic (exact) mass is 261 g/mol. The van der Waals surface area contributed by atoms with Crippen LogP contribution >= 0.6 is 0 Å².